The maximum absolute atomic E-state index is 12.7. The topological polar surface area (TPSA) is 40.5 Å². The Balaban J connectivity index is 2.74. The average molecular weight is 279 g/mol. The van der Waals surface area contributed by atoms with E-state index in [0.29, 0.717) is 0 Å². The van der Waals surface area contributed by atoms with Crippen molar-refractivity contribution in [2.24, 2.45) is 5.41 Å². The van der Waals surface area contributed by atoms with Gasteiger partial charge in [-0.05, 0) is 25.9 Å². The van der Waals surface area contributed by atoms with Crippen molar-refractivity contribution in [2.75, 3.05) is 19.6 Å². The number of likely N-dealkylation sites (tertiary alicyclic amines) is 1. The Morgan fingerprint density at radius 3 is 1.83 bits per heavy atom. The molecule has 0 amide bonds. The summed E-state index contributed by atoms with van der Waals surface area (Å²) < 4.78 is 74.2. The van der Waals surface area contributed by atoms with Gasteiger partial charge in [-0.3, -0.25) is 9.69 Å². The van der Waals surface area contributed by atoms with Crippen LogP contribution in [-0.4, -0.2) is 48.0 Å². The second-order valence-corrected chi connectivity index (χ2v) is 4.28. The predicted octanol–water partition coefficient (Wildman–Crippen LogP) is 2.28. The molecule has 1 aliphatic heterocycles. The van der Waals surface area contributed by atoms with Gasteiger partial charge in [0.2, 0.25) is 0 Å². The van der Waals surface area contributed by atoms with Crippen molar-refractivity contribution in [1.82, 2.24) is 4.90 Å². The molecule has 9 heteroatoms. The molecule has 0 bridgehead atoms. The molecule has 0 radical (unpaired) electrons. The van der Waals surface area contributed by atoms with Crippen molar-refractivity contribution >= 4 is 5.97 Å². The van der Waals surface area contributed by atoms with Crippen molar-refractivity contribution < 1.29 is 36.2 Å². The highest BCUT2D eigenvalue weighted by Crippen LogP contribution is 2.46. The van der Waals surface area contributed by atoms with Gasteiger partial charge in [-0.1, -0.05) is 0 Å². The van der Waals surface area contributed by atoms with Crippen LogP contribution >= 0.6 is 0 Å². The Morgan fingerprint density at radius 2 is 1.56 bits per heavy atom. The number of carboxylic acids is 1. The van der Waals surface area contributed by atoms with Crippen LogP contribution in [0, 0.1) is 5.41 Å². The van der Waals surface area contributed by atoms with Gasteiger partial charge < -0.3 is 5.11 Å². The first-order chi connectivity index (χ1) is 7.98. The molecule has 0 saturated carbocycles. The van der Waals surface area contributed by atoms with Gasteiger partial charge in [-0.15, -0.1) is 0 Å². The minimum Gasteiger partial charge on any atom is -0.481 e. The lowest BCUT2D eigenvalue weighted by atomic mass is 9.77. The summed E-state index contributed by atoms with van der Waals surface area (Å²) in [5.74, 6) is -2.03. The smallest absolute Gasteiger partial charge is 0.404 e. The van der Waals surface area contributed by atoms with Crippen molar-refractivity contribution in [3.05, 3.63) is 0 Å². The molecule has 18 heavy (non-hydrogen) atoms. The first kappa shape index (κ1) is 15.1. The number of alkyl halides is 6. The number of hydrogen-bond acceptors (Lipinski definition) is 2. The lowest BCUT2D eigenvalue weighted by Crippen LogP contribution is -2.53. The lowest BCUT2D eigenvalue weighted by molar-refractivity contribution is -0.244. The monoisotopic (exact) mass is 279 g/mol. The summed E-state index contributed by atoms with van der Waals surface area (Å²) >= 11 is 0. The van der Waals surface area contributed by atoms with E-state index in [-0.39, 0.29) is 0 Å². The van der Waals surface area contributed by atoms with Gasteiger partial charge in [-0.2, -0.15) is 26.3 Å². The van der Waals surface area contributed by atoms with Gasteiger partial charge in [0.25, 0.3) is 0 Å². The van der Waals surface area contributed by atoms with E-state index in [0.717, 1.165) is 4.90 Å². The number of carbonyl (C=O) groups is 1. The molecule has 1 aliphatic rings. The Labute approximate surface area is 98.4 Å². The molecule has 0 aromatic rings. The summed E-state index contributed by atoms with van der Waals surface area (Å²) in [4.78, 5) is 11.5. The lowest BCUT2D eigenvalue weighted by Gasteiger charge is -2.39. The van der Waals surface area contributed by atoms with Crippen LogP contribution in [0.25, 0.3) is 0 Å². The zero-order chi connectivity index (χ0) is 14.2. The summed E-state index contributed by atoms with van der Waals surface area (Å²) in [6, 6.07) is 0. The van der Waals surface area contributed by atoms with Crippen LogP contribution in [0.4, 0.5) is 26.3 Å². The summed E-state index contributed by atoms with van der Waals surface area (Å²) in [6.45, 7) is -2.39. The van der Waals surface area contributed by atoms with Gasteiger partial charge in [0.1, 0.15) is 0 Å². The molecule has 0 spiro atoms. The largest absolute Gasteiger partial charge is 0.481 e. The molecule has 1 rings (SSSR count). The number of aliphatic carboxylic acids is 1. The molecule has 1 fully saturated rings. The van der Waals surface area contributed by atoms with E-state index in [1.807, 2.05) is 0 Å². The number of rotatable bonds is 2. The fourth-order valence-electron chi connectivity index (χ4n) is 1.97. The van der Waals surface area contributed by atoms with E-state index in [4.69, 9.17) is 5.11 Å². The fourth-order valence-corrected chi connectivity index (χ4v) is 1.97. The molecule has 1 saturated heterocycles. The van der Waals surface area contributed by atoms with Gasteiger partial charge in [-0.25, -0.2) is 0 Å². The van der Waals surface area contributed by atoms with Crippen LogP contribution in [-0.2, 0) is 4.79 Å². The molecule has 0 atom stereocenters. The predicted molar refractivity (Wildman–Crippen MR) is 47.9 cm³/mol. The van der Waals surface area contributed by atoms with Crippen LogP contribution in [0.15, 0.2) is 0 Å². The van der Waals surface area contributed by atoms with Gasteiger partial charge in [0.05, 0.1) is 6.54 Å². The molecule has 1 N–H and O–H groups in total. The SMILES string of the molecule is O=C(O)C1(C(F)(F)F)CCN(CC(F)(F)F)CC1. The summed E-state index contributed by atoms with van der Waals surface area (Å²) in [6.07, 6.45) is -11.2. The third kappa shape index (κ3) is 3.06. The minimum atomic E-state index is -4.96. The zero-order valence-corrected chi connectivity index (χ0v) is 9.11. The maximum atomic E-state index is 12.7. The van der Waals surface area contributed by atoms with E-state index in [1.54, 1.807) is 0 Å². The van der Waals surface area contributed by atoms with Gasteiger partial charge in [0, 0.05) is 0 Å². The Hall–Kier alpha value is -0.990. The summed E-state index contributed by atoms with van der Waals surface area (Å²) in [7, 11) is 0. The number of hydrogen-bond donors (Lipinski definition) is 1. The second kappa shape index (κ2) is 4.60. The molecule has 0 aromatic heterocycles. The normalized spacial score (nSPS) is 21.9. The summed E-state index contributed by atoms with van der Waals surface area (Å²) in [5.41, 5.74) is -2.92. The van der Waals surface area contributed by atoms with Gasteiger partial charge in [0.15, 0.2) is 5.41 Å². The highest BCUT2D eigenvalue weighted by molar-refractivity contribution is 5.76. The van der Waals surface area contributed by atoms with Crippen LogP contribution < -0.4 is 0 Å². The maximum Gasteiger partial charge on any atom is 0.404 e. The highest BCUT2D eigenvalue weighted by atomic mass is 19.4. The molecule has 0 aromatic carbocycles. The van der Waals surface area contributed by atoms with Crippen molar-refractivity contribution in [2.45, 2.75) is 25.2 Å². The van der Waals surface area contributed by atoms with Crippen molar-refractivity contribution in [1.29, 1.82) is 0 Å². The fraction of sp³-hybridized carbons (Fsp3) is 0.889. The Kier molecular flexibility index (Phi) is 3.85. The molecule has 0 aliphatic carbocycles. The van der Waals surface area contributed by atoms with Crippen molar-refractivity contribution in [3.63, 3.8) is 0 Å². The third-order valence-corrected chi connectivity index (χ3v) is 3.06. The number of nitrogens with zero attached hydrogens (tertiary/aromatic N) is 1. The number of halogens is 6. The molecule has 3 nitrogen and oxygen atoms in total. The Morgan fingerprint density at radius 1 is 1.11 bits per heavy atom. The van der Waals surface area contributed by atoms with E-state index < -0.39 is 56.2 Å². The van der Waals surface area contributed by atoms with Crippen LogP contribution in [0.2, 0.25) is 0 Å². The van der Waals surface area contributed by atoms with E-state index in [2.05, 4.69) is 0 Å². The van der Waals surface area contributed by atoms with Gasteiger partial charge >= 0.3 is 18.3 Å². The molecular weight excluding hydrogens is 268 g/mol. The molecule has 1 heterocycles. The molecule has 106 valence electrons. The standard InChI is InChI=1S/C9H11F6NO2/c10-8(11,12)5-16-3-1-7(2-4-16,6(17)18)9(13,14)15/h1-5H2,(H,17,18). The van der Waals surface area contributed by atoms with E-state index in [1.165, 1.54) is 0 Å². The quantitative estimate of drug-likeness (QED) is 0.788. The van der Waals surface area contributed by atoms with Crippen molar-refractivity contribution in [3.8, 4) is 0 Å². The number of carboxylic acid groups (broad SMARTS) is 1. The average Bonchev–Trinajstić information content (AvgIpc) is 2.13. The van der Waals surface area contributed by atoms with Crippen LogP contribution in [0.3, 0.4) is 0 Å². The molecule has 0 unspecified atom stereocenters. The van der Waals surface area contributed by atoms with E-state index >= 15 is 0 Å². The third-order valence-electron chi connectivity index (χ3n) is 3.06. The Bertz CT molecular complexity index is 316. The van der Waals surface area contributed by atoms with E-state index in [9.17, 15) is 31.1 Å². The second-order valence-electron chi connectivity index (χ2n) is 4.28. The zero-order valence-electron chi connectivity index (χ0n) is 9.11. The summed E-state index contributed by atoms with van der Waals surface area (Å²) in [5, 5.41) is 8.68. The number of piperidine rings is 1. The van der Waals surface area contributed by atoms with Crippen LogP contribution in [0.1, 0.15) is 12.8 Å². The first-order valence-corrected chi connectivity index (χ1v) is 5.07. The molecular formula is C9H11F6NO2. The highest BCUT2D eigenvalue weighted by Gasteiger charge is 2.61. The minimum absolute atomic E-state index is 0.536. The van der Waals surface area contributed by atoms with Crippen LogP contribution in [0.5, 0.6) is 0 Å². The first-order valence-electron chi connectivity index (χ1n) is 5.07.